The lowest BCUT2D eigenvalue weighted by atomic mass is 10.1. The van der Waals surface area contributed by atoms with Crippen LogP contribution in [0.4, 0.5) is 0 Å². The van der Waals surface area contributed by atoms with Crippen LogP contribution in [-0.4, -0.2) is 29.8 Å². The molecule has 1 aromatic rings. The van der Waals surface area contributed by atoms with Crippen LogP contribution in [0.5, 0.6) is 0 Å². The van der Waals surface area contributed by atoms with E-state index in [0.717, 1.165) is 5.25 Å². The zero-order valence-corrected chi connectivity index (χ0v) is 11.6. The summed E-state index contributed by atoms with van der Waals surface area (Å²) < 4.78 is 0. The Morgan fingerprint density at radius 2 is 1.82 bits per heavy atom. The van der Waals surface area contributed by atoms with E-state index in [2.05, 4.69) is 42.2 Å². The van der Waals surface area contributed by atoms with Gasteiger partial charge in [-0.1, -0.05) is 31.5 Å². The number of hydrogen-bond donors (Lipinski definition) is 0. The molecule has 1 fully saturated rings. The Morgan fingerprint density at radius 3 is 2.47 bits per heavy atom. The van der Waals surface area contributed by atoms with Crippen molar-refractivity contribution < 1.29 is 0 Å². The molecule has 0 aliphatic carbocycles. The van der Waals surface area contributed by atoms with Crippen LogP contribution in [0.2, 0.25) is 0 Å². The van der Waals surface area contributed by atoms with Crippen LogP contribution in [-0.2, 0) is 0 Å². The minimum atomic E-state index is 0.746. The fraction of sp³-hybridized carbons (Fsp3) is 0.600. The van der Waals surface area contributed by atoms with Crippen LogP contribution >= 0.6 is 11.8 Å². The van der Waals surface area contributed by atoms with Gasteiger partial charge in [-0.05, 0) is 44.5 Å². The summed E-state index contributed by atoms with van der Waals surface area (Å²) >= 11 is 2.04. The monoisotopic (exact) mass is 249 g/mol. The van der Waals surface area contributed by atoms with Crippen LogP contribution in [0.3, 0.4) is 0 Å². The van der Waals surface area contributed by atoms with Crippen molar-refractivity contribution in [1.82, 2.24) is 4.90 Å². The Labute approximate surface area is 110 Å². The summed E-state index contributed by atoms with van der Waals surface area (Å²) in [6.07, 6.45) is 5.48. The van der Waals surface area contributed by atoms with Gasteiger partial charge in [-0.3, -0.25) is 0 Å². The van der Waals surface area contributed by atoms with Crippen LogP contribution in [0.1, 0.15) is 32.6 Å². The van der Waals surface area contributed by atoms with Gasteiger partial charge in [0.25, 0.3) is 0 Å². The largest absolute Gasteiger partial charge is 0.302 e. The topological polar surface area (TPSA) is 3.24 Å². The fourth-order valence-electron chi connectivity index (χ4n) is 2.37. The third-order valence-corrected chi connectivity index (χ3v) is 4.77. The number of likely N-dealkylation sites (tertiary alicyclic amines) is 1. The zero-order chi connectivity index (χ0) is 11.9. The Hall–Kier alpha value is -0.470. The molecule has 0 amide bonds. The lowest BCUT2D eigenvalue weighted by molar-refractivity contribution is 0.228. The Kier molecular flexibility index (Phi) is 5.40. The molecule has 1 saturated heterocycles. The maximum atomic E-state index is 2.65. The molecule has 0 aromatic heterocycles. The van der Waals surface area contributed by atoms with Crippen molar-refractivity contribution in [2.24, 2.45) is 0 Å². The van der Waals surface area contributed by atoms with Crippen molar-refractivity contribution in [3.63, 3.8) is 0 Å². The third kappa shape index (κ3) is 4.36. The average Bonchev–Trinajstić information content (AvgIpc) is 2.40. The predicted octanol–water partition coefficient (Wildman–Crippen LogP) is 4.04. The van der Waals surface area contributed by atoms with Gasteiger partial charge in [-0.15, -0.1) is 11.8 Å². The van der Waals surface area contributed by atoms with Crippen molar-refractivity contribution in [2.75, 3.05) is 19.6 Å². The van der Waals surface area contributed by atoms with Gasteiger partial charge >= 0.3 is 0 Å². The maximum Gasteiger partial charge on any atom is 0.0219 e. The third-order valence-electron chi connectivity index (χ3n) is 3.41. The van der Waals surface area contributed by atoms with Crippen LogP contribution in [0.15, 0.2) is 35.2 Å². The summed E-state index contributed by atoms with van der Waals surface area (Å²) in [6.45, 7) is 6.19. The molecule has 0 saturated carbocycles. The lowest BCUT2D eigenvalue weighted by Gasteiger charge is -2.29. The van der Waals surface area contributed by atoms with E-state index in [1.807, 2.05) is 11.8 Å². The minimum absolute atomic E-state index is 0.746. The van der Waals surface area contributed by atoms with Gasteiger partial charge in [-0.2, -0.15) is 0 Å². The number of piperidine rings is 1. The summed E-state index contributed by atoms with van der Waals surface area (Å²) in [4.78, 5) is 4.06. The fourth-order valence-corrected chi connectivity index (χ4v) is 3.52. The first-order valence-corrected chi connectivity index (χ1v) is 7.70. The molecule has 1 aliphatic heterocycles. The van der Waals surface area contributed by atoms with Crippen molar-refractivity contribution in [3.8, 4) is 0 Å². The molecular weight excluding hydrogens is 226 g/mol. The molecule has 1 unspecified atom stereocenters. The van der Waals surface area contributed by atoms with E-state index >= 15 is 0 Å². The molecule has 1 aromatic carbocycles. The molecular formula is C15H23NS. The lowest BCUT2D eigenvalue weighted by Crippen LogP contribution is -2.35. The van der Waals surface area contributed by atoms with E-state index in [1.165, 1.54) is 50.2 Å². The van der Waals surface area contributed by atoms with E-state index in [4.69, 9.17) is 0 Å². The van der Waals surface area contributed by atoms with Crippen molar-refractivity contribution >= 4 is 11.8 Å². The summed E-state index contributed by atoms with van der Waals surface area (Å²) in [5.41, 5.74) is 0. The zero-order valence-electron chi connectivity index (χ0n) is 10.8. The second-order valence-electron chi connectivity index (χ2n) is 4.82. The predicted molar refractivity (Wildman–Crippen MR) is 76.7 cm³/mol. The molecule has 94 valence electrons. The number of hydrogen-bond acceptors (Lipinski definition) is 2. The summed E-state index contributed by atoms with van der Waals surface area (Å²) in [6, 6.07) is 10.8. The van der Waals surface area contributed by atoms with Gasteiger partial charge < -0.3 is 4.90 Å². The summed E-state index contributed by atoms with van der Waals surface area (Å²) in [5, 5.41) is 0.746. The SMILES string of the molecule is CCC(CN1CCCCC1)Sc1ccccc1. The molecule has 1 heterocycles. The molecule has 0 spiro atoms. The van der Waals surface area contributed by atoms with Gasteiger partial charge in [0.05, 0.1) is 0 Å². The molecule has 0 bridgehead atoms. The number of benzene rings is 1. The first-order chi connectivity index (χ1) is 8.38. The molecule has 0 radical (unpaired) electrons. The van der Waals surface area contributed by atoms with Crippen LogP contribution in [0.25, 0.3) is 0 Å². The van der Waals surface area contributed by atoms with E-state index < -0.39 is 0 Å². The molecule has 2 heteroatoms. The molecule has 1 aliphatic rings. The first kappa shape index (κ1) is 13.0. The molecule has 17 heavy (non-hydrogen) atoms. The van der Waals surface area contributed by atoms with Gasteiger partial charge in [0, 0.05) is 16.7 Å². The van der Waals surface area contributed by atoms with E-state index in [9.17, 15) is 0 Å². The molecule has 1 atom stereocenters. The van der Waals surface area contributed by atoms with Gasteiger partial charge in [0.2, 0.25) is 0 Å². The number of nitrogens with zero attached hydrogens (tertiary/aromatic N) is 1. The van der Waals surface area contributed by atoms with E-state index in [1.54, 1.807) is 0 Å². The Morgan fingerprint density at radius 1 is 1.12 bits per heavy atom. The van der Waals surface area contributed by atoms with Crippen molar-refractivity contribution in [1.29, 1.82) is 0 Å². The Balaban J connectivity index is 1.83. The second kappa shape index (κ2) is 7.07. The number of thioether (sulfide) groups is 1. The summed E-state index contributed by atoms with van der Waals surface area (Å²) in [5.74, 6) is 0. The van der Waals surface area contributed by atoms with Crippen LogP contribution in [0, 0.1) is 0 Å². The van der Waals surface area contributed by atoms with Gasteiger partial charge in [-0.25, -0.2) is 0 Å². The second-order valence-corrected chi connectivity index (χ2v) is 6.20. The number of rotatable bonds is 5. The molecule has 0 N–H and O–H groups in total. The highest BCUT2D eigenvalue weighted by Crippen LogP contribution is 2.26. The smallest absolute Gasteiger partial charge is 0.0219 e. The van der Waals surface area contributed by atoms with Crippen molar-refractivity contribution in [3.05, 3.63) is 30.3 Å². The highest BCUT2D eigenvalue weighted by molar-refractivity contribution is 8.00. The Bertz CT molecular complexity index is 306. The first-order valence-electron chi connectivity index (χ1n) is 6.82. The quantitative estimate of drug-likeness (QED) is 0.724. The normalized spacial score (nSPS) is 19.1. The van der Waals surface area contributed by atoms with Crippen molar-refractivity contribution in [2.45, 2.75) is 42.8 Å². The van der Waals surface area contributed by atoms with Gasteiger partial charge in [0.1, 0.15) is 0 Å². The molecule has 1 nitrogen and oxygen atoms in total. The molecule has 2 rings (SSSR count). The minimum Gasteiger partial charge on any atom is -0.302 e. The van der Waals surface area contributed by atoms with E-state index in [0.29, 0.717) is 0 Å². The maximum absolute atomic E-state index is 2.65. The van der Waals surface area contributed by atoms with Gasteiger partial charge in [0.15, 0.2) is 0 Å². The van der Waals surface area contributed by atoms with Crippen LogP contribution < -0.4 is 0 Å². The standard InChI is InChI=1S/C15H23NS/c1-2-14(13-16-11-7-4-8-12-16)17-15-9-5-3-6-10-15/h3,5-6,9-10,14H,2,4,7-8,11-13H2,1H3. The average molecular weight is 249 g/mol. The summed E-state index contributed by atoms with van der Waals surface area (Å²) in [7, 11) is 0. The highest BCUT2D eigenvalue weighted by atomic mass is 32.2. The highest BCUT2D eigenvalue weighted by Gasteiger charge is 2.15. The van der Waals surface area contributed by atoms with E-state index in [-0.39, 0.29) is 0 Å².